The van der Waals surface area contributed by atoms with Gasteiger partial charge < -0.3 is 10.6 Å². The van der Waals surface area contributed by atoms with Crippen molar-refractivity contribution < 1.29 is 0 Å². The summed E-state index contributed by atoms with van der Waals surface area (Å²) in [7, 11) is 0. The van der Waals surface area contributed by atoms with E-state index in [2.05, 4.69) is 43.5 Å². The van der Waals surface area contributed by atoms with E-state index in [1.54, 1.807) is 0 Å². The first-order valence-corrected chi connectivity index (χ1v) is 6.22. The first kappa shape index (κ1) is 11.5. The number of hydrogen-bond acceptors (Lipinski definition) is 2. The smallest absolute Gasteiger partial charge is 0.0402 e. The summed E-state index contributed by atoms with van der Waals surface area (Å²) in [6.45, 7) is 8.81. The van der Waals surface area contributed by atoms with E-state index in [1.165, 1.54) is 41.8 Å². The lowest BCUT2D eigenvalue weighted by atomic mass is 10.0. The fourth-order valence-electron chi connectivity index (χ4n) is 2.59. The summed E-state index contributed by atoms with van der Waals surface area (Å²) in [6.07, 6.45) is 2.56. The van der Waals surface area contributed by atoms with Gasteiger partial charge in [0.25, 0.3) is 0 Å². The predicted octanol–water partition coefficient (Wildman–Crippen LogP) is 2.78. The van der Waals surface area contributed by atoms with Gasteiger partial charge in [-0.05, 0) is 51.3 Å². The molecule has 2 N–H and O–H groups in total. The Morgan fingerprint density at radius 3 is 2.44 bits per heavy atom. The van der Waals surface area contributed by atoms with Crippen LogP contribution in [0.25, 0.3) is 0 Å². The van der Waals surface area contributed by atoms with E-state index in [0.717, 1.165) is 6.54 Å². The highest BCUT2D eigenvalue weighted by Gasteiger charge is 2.14. The maximum Gasteiger partial charge on any atom is 0.0402 e. The van der Waals surface area contributed by atoms with E-state index in [1.807, 2.05) is 0 Å². The van der Waals surface area contributed by atoms with Crippen molar-refractivity contribution in [2.24, 2.45) is 0 Å². The van der Waals surface area contributed by atoms with Gasteiger partial charge in [0.2, 0.25) is 0 Å². The molecule has 16 heavy (non-hydrogen) atoms. The van der Waals surface area contributed by atoms with Crippen LogP contribution in [0.3, 0.4) is 0 Å². The lowest BCUT2D eigenvalue weighted by Gasteiger charge is -2.26. The minimum absolute atomic E-state index is 0.592. The molecule has 1 aromatic carbocycles. The molecule has 0 saturated carbocycles. The van der Waals surface area contributed by atoms with Crippen molar-refractivity contribution in [2.45, 2.75) is 39.7 Å². The molecule has 1 heterocycles. The van der Waals surface area contributed by atoms with Crippen LogP contribution in [0.15, 0.2) is 12.1 Å². The Hall–Kier alpha value is -1.02. The molecule has 0 radical (unpaired) electrons. The molecule has 88 valence electrons. The third kappa shape index (κ3) is 2.56. The van der Waals surface area contributed by atoms with Crippen LogP contribution in [0, 0.1) is 20.8 Å². The summed E-state index contributed by atoms with van der Waals surface area (Å²) >= 11 is 0. The van der Waals surface area contributed by atoms with Crippen molar-refractivity contribution in [3.05, 3.63) is 28.8 Å². The van der Waals surface area contributed by atoms with Gasteiger partial charge >= 0.3 is 0 Å². The van der Waals surface area contributed by atoms with Crippen molar-refractivity contribution >= 4 is 5.69 Å². The molecule has 2 heteroatoms. The Kier molecular flexibility index (Phi) is 3.49. The average molecular weight is 218 g/mol. The van der Waals surface area contributed by atoms with Crippen LogP contribution in [0.4, 0.5) is 5.69 Å². The summed E-state index contributed by atoms with van der Waals surface area (Å²) < 4.78 is 0. The van der Waals surface area contributed by atoms with E-state index >= 15 is 0 Å². The Morgan fingerprint density at radius 2 is 1.88 bits per heavy atom. The first-order valence-electron chi connectivity index (χ1n) is 6.22. The highest BCUT2D eigenvalue weighted by molar-refractivity contribution is 5.58. The zero-order chi connectivity index (χ0) is 11.5. The summed E-state index contributed by atoms with van der Waals surface area (Å²) in [4.78, 5) is 0. The van der Waals surface area contributed by atoms with Crippen LogP contribution >= 0.6 is 0 Å². The molecule has 0 aromatic heterocycles. The van der Waals surface area contributed by atoms with Gasteiger partial charge in [-0.1, -0.05) is 17.7 Å². The predicted molar refractivity (Wildman–Crippen MR) is 70.2 cm³/mol. The molecule has 0 aliphatic carbocycles. The van der Waals surface area contributed by atoms with E-state index in [0.29, 0.717) is 6.04 Å². The maximum atomic E-state index is 3.68. The number of hydrogen-bond donors (Lipinski definition) is 2. The highest BCUT2D eigenvalue weighted by atomic mass is 15.0. The number of rotatable bonds is 2. The van der Waals surface area contributed by atoms with Gasteiger partial charge in [0.15, 0.2) is 0 Å². The lowest BCUT2D eigenvalue weighted by Crippen LogP contribution is -2.38. The fourth-order valence-corrected chi connectivity index (χ4v) is 2.59. The Morgan fingerprint density at radius 1 is 1.19 bits per heavy atom. The van der Waals surface area contributed by atoms with Gasteiger partial charge in [-0.15, -0.1) is 0 Å². The van der Waals surface area contributed by atoms with Crippen molar-refractivity contribution in [3.63, 3.8) is 0 Å². The van der Waals surface area contributed by atoms with Crippen molar-refractivity contribution in [1.29, 1.82) is 0 Å². The molecular formula is C14H22N2. The average Bonchev–Trinajstić information content (AvgIpc) is 2.25. The minimum Gasteiger partial charge on any atom is -0.381 e. The van der Waals surface area contributed by atoms with Gasteiger partial charge in [0.1, 0.15) is 0 Å². The number of benzene rings is 1. The van der Waals surface area contributed by atoms with Gasteiger partial charge in [0.05, 0.1) is 0 Å². The number of piperidine rings is 1. The summed E-state index contributed by atoms with van der Waals surface area (Å²) in [5, 5.41) is 7.13. The van der Waals surface area contributed by atoms with Crippen LogP contribution < -0.4 is 10.6 Å². The van der Waals surface area contributed by atoms with Crippen LogP contribution in [-0.4, -0.2) is 19.1 Å². The standard InChI is InChI=1S/C14H22N2/c1-10-7-11(2)14(12(3)8-10)16-13-5-4-6-15-9-13/h7-8,13,15-16H,4-6,9H2,1-3H3. The number of anilines is 1. The second kappa shape index (κ2) is 4.88. The minimum atomic E-state index is 0.592. The van der Waals surface area contributed by atoms with E-state index in [4.69, 9.17) is 0 Å². The largest absolute Gasteiger partial charge is 0.381 e. The van der Waals surface area contributed by atoms with Gasteiger partial charge in [-0.2, -0.15) is 0 Å². The molecule has 2 nitrogen and oxygen atoms in total. The Balaban J connectivity index is 2.14. The van der Waals surface area contributed by atoms with Crippen molar-refractivity contribution in [2.75, 3.05) is 18.4 Å². The fraction of sp³-hybridized carbons (Fsp3) is 0.571. The second-order valence-corrected chi connectivity index (χ2v) is 4.96. The maximum absolute atomic E-state index is 3.68. The van der Waals surface area contributed by atoms with Crippen LogP contribution in [0.5, 0.6) is 0 Å². The number of nitrogens with one attached hydrogen (secondary N) is 2. The normalized spacial score (nSPS) is 20.8. The van der Waals surface area contributed by atoms with Crippen molar-refractivity contribution in [1.82, 2.24) is 5.32 Å². The van der Waals surface area contributed by atoms with Gasteiger partial charge in [0, 0.05) is 18.3 Å². The number of aryl methyl sites for hydroxylation is 3. The Bertz CT molecular complexity index is 342. The molecule has 1 aliphatic heterocycles. The monoisotopic (exact) mass is 218 g/mol. The van der Waals surface area contributed by atoms with Crippen LogP contribution in [0.1, 0.15) is 29.5 Å². The molecule has 1 saturated heterocycles. The summed E-state index contributed by atoms with van der Waals surface area (Å²) in [6, 6.07) is 5.10. The zero-order valence-corrected chi connectivity index (χ0v) is 10.6. The van der Waals surface area contributed by atoms with Crippen LogP contribution in [-0.2, 0) is 0 Å². The summed E-state index contributed by atoms with van der Waals surface area (Å²) in [5.41, 5.74) is 5.41. The van der Waals surface area contributed by atoms with Crippen LogP contribution in [0.2, 0.25) is 0 Å². The molecule has 1 aliphatic rings. The third-order valence-corrected chi connectivity index (χ3v) is 3.32. The molecule has 1 unspecified atom stereocenters. The SMILES string of the molecule is Cc1cc(C)c(NC2CCCNC2)c(C)c1. The highest BCUT2D eigenvalue weighted by Crippen LogP contribution is 2.23. The molecule has 1 fully saturated rings. The molecule has 1 atom stereocenters. The molecule has 0 spiro atoms. The van der Waals surface area contributed by atoms with Crippen molar-refractivity contribution in [3.8, 4) is 0 Å². The van der Waals surface area contributed by atoms with Gasteiger partial charge in [-0.3, -0.25) is 0 Å². The van der Waals surface area contributed by atoms with Gasteiger partial charge in [-0.25, -0.2) is 0 Å². The molecule has 0 amide bonds. The van der Waals surface area contributed by atoms with E-state index < -0.39 is 0 Å². The summed E-state index contributed by atoms with van der Waals surface area (Å²) in [5.74, 6) is 0. The molecule has 0 bridgehead atoms. The van der Waals surface area contributed by atoms with E-state index in [-0.39, 0.29) is 0 Å². The first-order chi connectivity index (χ1) is 7.66. The quantitative estimate of drug-likeness (QED) is 0.797. The molecular weight excluding hydrogens is 196 g/mol. The Labute approximate surface area is 98.4 Å². The topological polar surface area (TPSA) is 24.1 Å². The second-order valence-electron chi connectivity index (χ2n) is 4.96. The molecule has 2 rings (SSSR count). The zero-order valence-electron chi connectivity index (χ0n) is 10.6. The molecule has 1 aromatic rings. The third-order valence-electron chi connectivity index (χ3n) is 3.32. The van der Waals surface area contributed by atoms with E-state index in [9.17, 15) is 0 Å². The lowest BCUT2D eigenvalue weighted by molar-refractivity contribution is 0.479.